The van der Waals surface area contributed by atoms with Gasteiger partial charge in [0.15, 0.2) is 0 Å². The lowest BCUT2D eigenvalue weighted by molar-refractivity contribution is -0.137. The number of para-hydroxylation sites is 1. The van der Waals surface area contributed by atoms with E-state index in [1.54, 1.807) is 31.2 Å². The van der Waals surface area contributed by atoms with E-state index in [9.17, 15) is 22.8 Å². The number of carbonyl (C=O) groups is 2. The van der Waals surface area contributed by atoms with Crippen molar-refractivity contribution in [3.05, 3.63) is 81.7 Å². The molecule has 156 valence electrons. The van der Waals surface area contributed by atoms with Gasteiger partial charge in [0.1, 0.15) is 0 Å². The van der Waals surface area contributed by atoms with E-state index in [0.29, 0.717) is 21.7 Å². The smallest absolute Gasteiger partial charge is 0.390 e. The molecule has 3 rings (SSSR count). The van der Waals surface area contributed by atoms with Crippen LogP contribution in [0.4, 0.5) is 23.9 Å². The molecule has 0 aliphatic rings. The van der Waals surface area contributed by atoms with Gasteiger partial charge in [0.25, 0.3) is 11.8 Å². The molecule has 0 bridgehead atoms. The van der Waals surface area contributed by atoms with Crippen LogP contribution < -0.4 is 16.4 Å². The van der Waals surface area contributed by atoms with Crippen LogP contribution in [0.1, 0.15) is 36.7 Å². The van der Waals surface area contributed by atoms with Gasteiger partial charge >= 0.3 is 6.18 Å². The van der Waals surface area contributed by atoms with E-state index in [1.807, 2.05) is 6.07 Å². The lowest BCUT2D eigenvalue weighted by atomic mass is 10.1. The number of thiophene rings is 1. The largest absolute Gasteiger partial charge is 0.416 e. The molecule has 9 heteroatoms. The highest BCUT2D eigenvalue weighted by molar-refractivity contribution is 7.18. The molecule has 2 aromatic carbocycles. The topological polar surface area (TPSA) is 84.2 Å². The van der Waals surface area contributed by atoms with Crippen molar-refractivity contribution in [3.8, 4) is 0 Å². The molecule has 0 aliphatic heterocycles. The van der Waals surface area contributed by atoms with Crippen molar-refractivity contribution in [2.75, 3.05) is 11.1 Å². The van der Waals surface area contributed by atoms with Crippen molar-refractivity contribution >= 4 is 33.8 Å². The van der Waals surface area contributed by atoms with Crippen LogP contribution in [-0.2, 0) is 12.7 Å². The molecule has 0 fully saturated rings. The molecule has 2 amide bonds. The number of nitrogens with two attached hydrogens (primary N) is 1. The van der Waals surface area contributed by atoms with Gasteiger partial charge in [-0.2, -0.15) is 13.2 Å². The first-order valence-electron chi connectivity index (χ1n) is 8.86. The Kier molecular flexibility index (Phi) is 6.12. The fourth-order valence-electron chi connectivity index (χ4n) is 2.83. The summed E-state index contributed by atoms with van der Waals surface area (Å²) in [5.41, 5.74) is 6.95. The second-order valence-corrected chi connectivity index (χ2v) is 7.55. The van der Waals surface area contributed by atoms with Crippen LogP contribution in [-0.4, -0.2) is 11.8 Å². The van der Waals surface area contributed by atoms with Crippen LogP contribution in [0.15, 0.2) is 54.6 Å². The molecule has 5 nitrogen and oxygen atoms in total. The number of nitrogens with one attached hydrogen (secondary N) is 2. The molecule has 0 radical (unpaired) electrons. The van der Waals surface area contributed by atoms with E-state index < -0.39 is 17.6 Å². The molecular formula is C21H18F3N3O2S. The summed E-state index contributed by atoms with van der Waals surface area (Å²) in [6.45, 7) is 1.65. The van der Waals surface area contributed by atoms with Gasteiger partial charge in [-0.3, -0.25) is 9.59 Å². The number of amides is 2. The Bertz CT molecular complexity index is 1060. The lowest BCUT2D eigenvalue weighted by Gasteiger charge is -2.09. The lowest BCUT2D eigenvalue weighted by Crippen LogP contribution is -2.24. The molecule has 0 saturated carbocycles. The Hall–Kier alpha value is -3.33. The van der Waals surface area contributed by atoms with Gasteiger partial charge in [-0.05, 0) is 42.3 Å². The van der Waals surface area contributed by atoms with Gasteiger partial charge in [-0.15, -0.1) is 11.3 Å². The van der Waals surface area contributed by atoms with E-state index >= 15 is 0 Å². The highest BCUT2D eigenvalue weighted by Gasteiger charge is 2.30. The molecule has 1 aromatic heterocycles. The third kappa shape index (κ3) is 4.80. The third-order valence-corrected chi connectivity index (χ3v) is 5.49. The summed E-state index contributed by atoms with van der Waals surface area (Å²) in [7, 11) is 0. The van der Waals surface area contributed by atoms with Crippen LogP contribution in [0.3, 0.4) is 0 Å². The van der Waals surface area contributed by atoms with Crippen molar-refractivity contribution in [2.24, 2.45) is 0 Å². The highest BCUT2D eigenvalue weighted by Crippen LogP contribution is 2.31. The third-order valence-electron chi connectivity index (χ3n) is 4.37. The molecule has 4 N–H and O–H groups in total. The number of halogens is 3. The molecule has 0 saturated heterocycles. The van der Waals surface area contributed by atoms with Crippen LogP contribution in [0.25, 0.3) is 0 Å². The van der Waals surface area contributed by atoms with Crippen LogP contribution in [0.2, 0.25) is 0 Å². The Morgan fingerprint density at radius 2 is 1.63 bits per heavy atom. The van der Waals surface area contributed by atoms with Gasteiger partial charge in [0.2, 0.25) is 0 Å². The van der Waals surface area contributed by atoms with E-state index in [2.05, 4.69) is 10.6 Å². The van der Waals surface area contributed by atoms with E-state index in [1.165, 1.54) is 12.1 Å². The minimum Gasteiger partial charge on any atom is -0.390 e. The van der Waals surface area contributed by atoms with Crippen molar-refractivity contribution in [3.63, 3.8) is 0 Å². The Balaban J connectivity index is 1.70. The maximum atomic E-state index is 12.6. The normalized spacial score (nSPS) is 11.2. The summed E-state index contributed by atoms with van der Waals surface area (Å²) in [4.78, 5) is 25.4. The molecular weight excluding hydrogens is 415 g/mol. The van der Waals surface area contributed by atoms with Crippen LogP contribution >= 0.6 is 11.3 Å². The average molecular weight is 433 g/mol. The maximum absolute atomic E-state index is 12.6. The zero-order chi connectivity index (χ0) is 21.9. The first-order chi connectivity index (χ1) is 14.2. The Morgan fingerprint density at radius 3 is 2.23 bits per heavy atom. The first kappa shape index (κ1) is 21.4. The number of hydrogen-bond acceptors (Lipinski definition) is 4. The van der Waals surface area contributed by atoms with Crippen molar-refractivity contribution in [2.45, 2.75) is 19.6 Å². The van der Waals surface area contributed by atoms with E-state index in [-0.39, 0.29) is 23.0 Å². The molecule has 0 spiro atoms. The highest BCUT2D eigenvalue weighted by atomic mass is 32.1. The SMILES string of the molecule is Cc1c(C(=O)Nc2ccccc2)sc(N)c1C(=O)NCc1ccc(C(F)(F)F)cc1. The minimum atomic E-state index is -4.42. The monoisotopic (exact) mass is 433 g/mol. The fourth-order valence-corrected chi connectivity index (χ4v) is 3.79. The van der Waals surface area contributed by atoms with Crippen molar-refractivity contribution < 1.29 is 22.8 Å². The zero-order valence-corrected chi connectivity index (χ0v) is 16.7. The number of anilines is 2. The average Bonchev–Trinajstić information content (AvgIpc) is 3.01. The summed E-state index contributed by atoms with van der Waals surface area (Å²) < 4.78 is 37.9. The van der Waals surface area contributed by atoms with E-state index in [0.717, 1.165) is 23.5 Å². The molecule has 3 aromatic rings. The molecule has 0 unspecified atom stereocenters. The second kappa shape index (κ2) is 8.58. The van der Waals surface area contributed by atoms with Gasteiger partial charge < -0.3 is 16.4 Å². The molecule has 30 heavy (non-hydrogen) atoms. The number of benzene rings is 2. The fraction of sp³-hybridized carbons (Fsp3) is 0.143. The van der Waals surface area contributed by atoms with Gasteiger partial charge in [-0.1, -0.05) is 30.3 Å². The number of hydrogen-bond donors (Lipinski definition) is 3. The predicted molar refractivity (Wildman–Crippen MR) is 110 cm³/mol. The summed E-state index contributed by atoms with van der Waals surface area (Å²) >= 11 is 1.00. The van der Waals surface area contributed by atoms with Gasteiger partial charge in [0, 0.05) is 12.2 Å². The quantitative estimate of drug-likeness (QED) is 0.538. The van der Waals surface area contributed by atoms with Crippen LogP contribution in [0, 0.1) is 6.92 Å². The first-order valence-corrected chi connectivity index (χ1v) is 9.68. The van der Waals surface area contributed by atoms with Crippen molar-refractivity contribution in [1.29, 1.82) is 0 Å². The Labute approximate surface area is 174 Å². The summed E-state index contributed by atoms with van der Waals surface area (Å²) in [5, 5.41) is 5.57. The van der Waals surface area contributed by atoms with Crippen molar-refractivity contribution in [1.82, 2.24) is 5.32 Å². The standard InChI is InChI=1S/C21H18F3N3O2S/c1-12-16(18(25)30-17(12)20(29)27-15-5-3-2-4-6-15)19(28)26-11-13-7-9-14(10-8-13)21(22,23)24/h2-10H,11,25H2,1H3,(H,26,28)(H,27,29). The molecule has 0 aliphatic carbocycles. The van der Waals surface area contributed by atoms with E-state index in [4.69, 9.17) is 5.73 Å². The van der Waals surface area contributed by atoms with Gasteiger partial charge in [-0.25, -0.2) is 0 Å². The predicted octanol–water partition coefficient (Wildman–Crippen LogP) is 4.84. The summed E-state index contributed by atoms with van der Waals surface area (Å²) in [6.07, 6.45) is -4.42. The maximum Gasteiger partial charge on any atom is 0.416 e. The number of alkyl halides is 3. The zero-order valence-electron chi connectivity index (χ0n) is 15.8. The number of carbonyl (C=O) groups excluding carboxylic acids is 2. The number of rotatable bonds is 5. The molecule has 0 atom stereocenters. The minimum absolute atomic E-state index is 0.0250. The van der Waals surface area contributed by atoms with Gasteiger partial charge in [0.05, 0.1) is 21.0 Å². The molecule has 1 heterocycles. The Morgan fingerprint density at radius 1 is 1.00 bits per heavy atom. The van der Waals surface area contributed by atoms with Crippen LogP contribution in [0.5, 0.6) is 0 Å². The second-order valence-electron chi connectivity index (χ2n) is 6.49. The number of nitrogen functional groups attached to an aromatic ring is 1. The summed E-state index contributed by atoms with van der Waals surface area (Å²) in [5.74, 6) is -0.878. The summed E-state index contributed by atoms with van der Waals surface area (Å²) in [6, 6.07) is 13.4.